The molecular formula is C7H14O2S. The fourth-order valence-electron chi connectivity index (χ4n) is 0.451. The fraction of sp³-hybridized carbons (Fsp3) is 0.714. The molecule has 0 saturated heterocycles. The second kappa shape index (κ2) is 9.01. The van der Waals surface area contributed by atoms with E-state index >= 15 is 0 Å². The minimum atomic E-state index is 0.601. The first-order valence-electron chi connectivity index (χ1n) is 3.29. The Morgan fingerprint density at radius 2 is 1.90 bits per heavy atom. The first kappa shape index (κ1) is 10.0. The van der Waals surface area contributed by atoms with E-state index in [1.54, 1.807) is 6.08 Å². The van der Waals surface area contributed by atoms with Crippen molar-refractivity contribution < 1.29 is 9.47 Å². The van der Waals surface area contributed by atoms with Crippen molar-refractivity contribution in [3.8, 4) is 0 Å². The normalized spacial score (nSPS) is 9.70. The first-order chi connectivity index (χ1) is 4.91. The quantitative estimate of drug-likeness (QED) is 0.344. The van der Waals surface area contributed by atoms with Crippen LogP contribution in [0, 0.1) is 0 Å². The lowest BCUT2D eigenvalue weighted by atomic mass is 10.7. The van der Waals surface area contributed by atoms with Gasteiger partial charge in [-0.2, -0.15) is 12.6 Å². The van der Waals surface area contributed by atoms with Crippen molar-refractivity contribution >= 4 is 12.6 Å². The number of hydrogen-bond donors (Lipinski definition) is 1. The van der Waals surface area contributed by atoms with Crippen LogP contribution in [0.5, 0.6) is 0 Å². The molecule has 0 rings (SSSR count). The molecule has 0 aliphatic heterocycles. The zero-order valence-electron chi connectivity index (χ0n) is 6.08. The summed E-state index contributed by atoms with van der Waals surface area (Å²) in [5, 5.41) is 0. The highest BCUT2D eigenvalue weighted by Gasteiger charge is 1.84. The van der Waals surface area contributed by atoms with Crippen molar-refractivity contribution in [1.29, 1.82) is 0 Å². The molecule has 0 spiro atoms. The molecule has 0 aliphatic carbocycles. The third-order valence-corrected chi connectivity index (χ3v) is 1.03. The zero-order valence-corrected chi connectivity index (χ0v) is 6.98. The van der Waals surface area contributed by atoms with Gasteiger partial charge in [0.15, 0.2) is 0 Å². The van der Waals surface area contributed by atoms with Crippen LogP contribution in [0.15, 0.2) is 12.7 Å². The van der Waals surface area contributed by atoms with Crippen molar-refractivity contribution in [3.63, 3.8) is 0 Å². The van der Waals surface area contributed by atoms with E-state index < -0.39 is 0 Å². The summed E-state index contributed by atoms with van der Waals surface area (Å²) in [6, 6.07) is 0. The van der Waals surface area contributed by atoms with Crippen molar-refractivity contribution in [2.45, 2.75) is 0 Å². The average Bonchev–Trinajstić information content (AvgIpc) is 1.97. The van der Waals surface area contributed by atoms with Gasteiger partial charge in [-0.05, 0) is 0 Å². The van der Waals surface area contributed by atoms with Crippen molar-refractivity contribution in [2.24, 2.45) is 0 Å². The van der Waals surface area contributed by atoms with Crippen LogP contribution < -0.4 is 0 Å². The zero-order chi connectivity index (χ0) is 7.66. The molecule has 0 fully saturated rings. The van der Waals surface area contributed by atoms with Gasteiger partial charge >= 0.3 is 0 Å². The summed E-state index contributed by atoms with van der Waals surface area (Å²) >= 11 is 3.98. The Labute approximate surface area is 67.6 Å². The predicted molar refractivity (Wildman–Crippen MR) is 45.7 cm³/mol. The van der Waals surface area contributed by atoms with Crippen molar-refractivity contribution in [2.75, 3.05) is 32.2 Å². The van der Waals surface area contributed by atoms with E-state index in [4.69, 9.17) is 9.47 Å². The molecule has 0 aromatic carbocycles. The summed E-state index contributed by atoms with van der Waals surface area (Å²) in [6.07, 6.45) is 1.72. The lowest BCUT2D eigenvalue weighted by molar-refractivity contribution is 0.0657. The van der Waals surface area contributed by atoms with Gasteiger partial charge in [0.1, 0.15) is 0 Å². The monoisotopic (exact) mass is 162 g/mol. The van der Waals surface area contributed by atoms with E-state index in [-0.39, 0.29) is 0 Å². The lowest BCUT2D eigenvalue weighted by Crippen LogP contribution is -2.05. The Balaban J connectivity index is 2.70. The lowest BCUT2D eigenvalue weighted by Gasteiger charge is -2.01. The summed E-state index contributed by atoms with van der Waals surface area (Å²) < 4.78 is 10.2. The highest BCUT2D eigenvalue weighted by molar-refractivity contribution is 7.80. The van der Waals surface area contributed by atoms with E-state index in [9.17, 15) is 0 Å². The summed E-state index contributed by atoms with van der Waals surface area (Å²) in [6.45, 7) is 6.10. The Hall–Kier alpha value is 0.0100. The van der Waals surface area contributed by atoms with Gasteiger partial charge in [0.05, 0.1) is 26.4 Å². The third kappa shape index (κ3) is 8.01. The second-order valence-electron chi connectivity index (χ2n) is 1.70. The summed E-state index contributed by atoms with van der Waals surface area (Å²) in [7, 11) is 0. The predicted octanol–water partition coefficient (Wildman–Crippen LogP) is 1.14. The molecule has 0 aromatic rings. The maximum absolute atomic E-state index is 5.09. The van der Waals surface area contributed by atoms with E-state index in [1.165, 1.54) is 0 Å². The molecule has 60 valence electrons. The number of ether oxygens (including phenoxy) is 2. The molecule has 2 nitrogen and oxygen atoms in total. The van der Waals surface area contributed by atoms with E-state index in [0.717, 1.165) is 5.75 Å². The Morgan fingerprint density at radius 1 is 1.20 bits per heavy atom. The van der Waals surface area contributed by atoms with Crippen LogP contribution in [0.25, 0.3) is 0 Å². The minimum Gasteiger partial charge on any atom is -0.378 e. The maximum atomic E-state index is 5.09. The van der Waals surface area contributed by atoms with Crippen LogP contribution in [-0.4, -0.2) is 32.2 Å². The molecule has 0 N–H and O–H groups in total. The summed E-state index contributed by atoms with van der Waals surface area (Å²) in [5.74, 6) is 0.765. The summed E-state index contributed by atoms with van der Waals surface area (Å²) in [5.41, 5.74) is 0. The second-order valence-corrected chi connectivity index (χ2v) is 2.15. The Morgan fingerprint density at radius 3 is 2.50 bits per heavy atom. The van der Waals surface area contributed by atoms with Crippen LogP contribution in [0.4, 0.5) is 0 Å². The molecule has 0 saturated carbocycles. The van der Waals surface area contributed by atoms with Crippen LogP contribution in [0.3, 0.4) is 0 Å². The molecule has 0 amide bonds. The molecule has 0 aliphatic rings. The molecule has 0 radical (unpaired) electrons. The van der Waals surface area contributed by atoms with Gasteiger partial charge in [0, 0.05) is 5.75 Å². The molecule has 0 atom stereocenters. The SMILES string of the molecule is C=CCOCCOCCS. The molecule has 0 unspecified atom stereocenters. The van der Waals surface area contributed by atoms with Gasteiger partial charge in [0.2, 0.25) is 0 Å². The van der Waals surface area contributed by atoms with Gasteiger partial charge in [0.25, 0.3) is 0 Å². The number of hydrogen-bond acceptors (Lipinski definition) is 3. The molecule has 3 heteroatoms. The maximum Gasteiger partial charge on any atom is 0.0704 e. The largest absolute Gasteiger partial charge is 0.378 e. The highest BCUT2D eigenvalue weighted by atomic mass is 32.1. The van der Waals surface area contributed by atoms with Gasteiger partial charge in [-0.1, -0.05) is 6.08 Å². The van der Waals surface area contributed by atoms with Gasteiger partial charge < -0.3 is 9.47 Å². The van der Waals surface area contributed by atoms with Gasteiger partial charge in [-0.15, -0.1) is 6.58 Å². The van der Waals surface area contributed by atoms with Crippen molar-refractivity contribution in [1.82, 2.24) is 0 Å². The van der Waals surface area contributed by atoms with Crippen LogP contribution in [0.2, 0.25) is 0 Å². The molecular weight excluding hydrogens is 148 g/mol. The van der Waals surface area contributed by atoms with Gasteiger partial charge in [-0.3, -0.25) is 0 Å². The topological polar surface area (TPSA) is 18.5 Å². The molecule has 0 heterocycles. The van der Waals surface area contributed by atoms with E-state index in [1.807, 2.05) is 0 Å². The number of thiol groups is 1. The average molecular weight is 162 g/mol. The third-order valence-electron chi connectivity index (χ3n) is 0.843. The molecule has 0 bridgehead atoms. The van der Waals surface area contributed by atoms with E-state index in [0.29, 0.717) is 26.4 Å². The van der Waals surface area contributed by atoms with Gasteiger partial charge in [-0.25, -0.2) is 0 Å². The fourth-order valence-corrected chi connectivity index (χ4v) is 0.580. The van der Waals surface area contributed by atoms with Crippen LogP contribution in [-0.2, 0) is 9.47 Å². The standard InChI is InChI=1S/C7H14O2S/c1-2-3-8-4-5-9-6-7-10/h2,10H,1,3-7H2. The summed E-state index contributed by atoms with van der Waals surface area (Å²) in [4.78, 5) is 0. The first-order valence-corrected chi connectivity index (χ1v) is 3.92. The molecule has 0 aromatic heterocycles. The number of rotatable bonds is 7. The molecule has 10 heavy (non-hydrogen) atoms. The highest BCUT2D eigenvalue weighted by Crippen LogP contribution is 1.80. The van der Waals surface area contributed by atoms with Crippen molar-refractivity contribution in [3.05, 3.63) is 12.7 Å². The van der Waals surface area contributed by atoms with Crippen LogP contribution >= 0.6 is 12.6 Å². The van der Waals surface area contributed by atoms with E-state index in [2.05, 4.69) is 19.2 Å². The minimum absolute atomic E-state index is 0.601. The van der Waals surface area contributed by atoms with Crippen LogP contribution in [0.1, 0.15) is 0 Å². The smallest absolute Gasteiger partial charge is 0.0704 e. The Bertz CT molecular complexity index is 76.0. The Kier molecular flexibility index (Phi) is 9.02.